The molecule has 0 radical (unpaired) electrons. The van der Waals surface area contributed by atoms with Gasteiger partial charge in [-0.1, -0.05) is 11.6 Å². The maximum atomic E-state index is 10.6. The van der Waals surface area contributed by atoms with Crippen LogP contribution in [0, 0.1) is 0 Å². The molecule has 2 N–H and O–H groups in total. The number of ether oxygens (including phenoxy) is 1. The molecule has 1 unspecified atom stereocenters. The minimum Gasteiger partial charge on any atom is -0.480 e. The molecule has 0 amide bonds. The van der Waals surface area contributed by atoms with Crippen molar-refractivity contribution in [3.63, 3.8) is 0 Å². The monoisotopic (exact) mass is 245 g/mol. The van der Waals surface area contributed by atoms with Gasteiger partial charge in [0.2, 0.25) is 11.8 Å². The molecule has 1 aromatic heterocycles. The lowest BCUT2D eigenvalue weighted by molar-refractivity contribution is -0.137. The summed E-state index contributed by atoms with van der Waals surface area (Å²) in [6, 6.07) is -0.782. The molecule has 7 heteroatoms. The summed E-state index contributed by atoms with van der Waals surface area (Å²) < 4.78 is 5.15. The van der Waals surface area contributed by atoms with Crippen molar-refractivity contribution in [1.29, 1.82) is 0 Å². The maximum absolute atomic E-state index is 10.6. The number of carboxylic acid groups (broad SMARTS) is 1. The summed E-state index contributed by atoms with van der Waals surface area (Å²) in [5.41, 5.74) is 0. The molecule has 0 fully saturated rings. The van der Waals surface area contributed by atoms with Gasteiger partial charge in [-0.05, 0) is 13.8 Å². The lowest BCUT2D eigenvalue weighted by Crippen LogP contribution is -2.26. The summed E-state index contributed by atoms with van der Waals surface area (Å²) in [7, 11) is 0. The van der Waals surface area contributed by atoms with Crippen LogP contribution in [0.25, 0.3) is 0 Å². The summed E-state index contributed by atoms with van der Waals surface area (Å²) in [6.07, 6.45) is 1.36. The van der Waals surface area contributed by atoms with Crippen LogP contribution in [0.3, 0.4) is 0 Å². The number of hydrogen-bond donors (Lipinski definition) is 2. The van der Waals surface area contributed by atoms with Crippen LogP contribution in [0.5, 0.6) is 5.88 Å². The standard InChI is InChI=1S/C9H12ClN3O3/c1-3-16-7-6(10)4-11-9(13-7)12-5(2)8(14)15/h4-5H,3H2,1-2H3,(H,14,15)(H,11,12,13). The van der Waals surface area contributed by atoms with Crippen LogP contribution in [0.2, 0.25) is 5.02 Å². The van der Waals surface area contributed by atoms with E-state index in [9.17, 15) is 4.79 Å². The van der Waals surface area contributed by atoms with Crippen LogP contribution in [-0.4, -0.2) is 33.7 Å². The van der Waals surface area contributed by atoms with Crippen molar-refractivity contribution in [2.24, 2.45) is 0 Å². The minimum atomic E-state index is -0.989. The van der Waals surface area contributed by atoms with Crippen molar-refractivity contribution < 1.29 is 14.6 Å². The zero-order valence-electron chi connectivity index (χ0n) is 8.90. The number of aliphatic carboxylic acids is 1. The number of anilines is 1. The minimum absolute atomic E-state index is 0.169. The Morgan fingerprint density at radius 2 is 2.44 bits per heavy atom. The fraction of sp³-hybridized carbons (Fsp3) is 0.444. The Morgan fingerprint density at radius 3 is 3.00 bits per heavy atom. The van der Waals surface area contributed by atoms with Gasteiger partial charge in [0.15, 0.2) is 0 Å². The number of nitrogens with one attached hydrogen (secondary N) is 1. The van der Waals surface area contributed by atoms with Crippen LogP contribution in [0.4, 0.5) is 5.95 Å². The first kappa shape index (κ1) is 12.5. The highest BCUT2D eigenvalue weighted by Crippen LogP contribution is 2.21. The van der Waals surface area contributed by atoms with E-state index >= 15 is 0 Å². The smallest absolute Gasteiger partial charge is 0.325 e. The Bertz CT molecular complexity index is 386. The molecule has 0 aromatic carbocycles. The van der Waals surface area contributed by atoms with E-state index in [1.807, 2.05) is 0 Å². The van der Waals surface area contributed by atoms with E-state index in [4.69, 9.17) is 21.4 Å². The third-order valence-corrected chi connectivity index (χ3v) is 1.97. The normalized spacial score (nSPS) is 11.9. The lowest BCUT2D eigenvalue weighted by atomic mass is 10.3. The molecule has 0 saturated heterocycles. The Morgan fingerprint density at radius 1 is 1.75 bits per heavy atom. The van der Waals surface area contributed by atoms with Gasteiger partial charge < -0.3 is 15.2 Å². The van der Waals surface area contributed by atoms with Crippen molar-refractivity contribution >= 4 is 23.5 Å². The van der Waals surface area contributed by atoms with E-state index < -0.39 is 12.0 Å². The lowest BCUT2D eigenvalue weighted by Gasteiger charge is -2.10. The van der Waals surface area contributed by atoms with Gasteiger partial charge >= 0.3 is 5.97 Å². The molecule has 1 heterocycles. The fourth-order valence-corrected chi connectivity index (χ4v) is 1.06. The van der Waals surface area contributed by atoms with E-state index in [0.717, 1.165) is 0 Å². The van der Waals surface area contributed by atoms with Gasteiger partial charge in [0, 0.05) is 0 Å². The van der Waals surface area contributed by atoms with E-state index in [2.05, 4.69) is 15.3 Å². The zero-order chi connectivity index (χ0) is 12.1. The second-order valence-corrected chi connectivity index (χ2v) is 3.39. The van der Waals surface area contributed by atoms with Gasteiger partial charge in [0.1, 0.15) is 11.1 Å². The molecular formula is C9H12ClN3O3. The fourth-order valence-electron chi connectivity index (χ4n) is 0.914. The number of carbonyl (C=O) groups is 1. The molecule has 0 spiro atoms. The van der Waals surface area contributed by atoms with Crippen molar-refractivity contribution in [3.05, 3.63) is 11.2 Å². The maximum Gasteiger partial charge on any atom is 0.325 e. The summed E-state index contributed by atoms with van der Waals surface area (Å²) in [5, 5.41) is 11.6. The number of hydrogen-bond acceptors (Lipinski definition) is 5. The molecule has 1 atom stereocenters. The first-order chi connectivity index (χ1) is 7.54. The van der Waals surface area contributed by atoms with Crippen LogP contribution in [0.1, 0.15) is 13.8 Å². The zero-order valence-corrected chi connectivity index (χ0v) is 9.65. The molecule has 88 valence electrons. The van der Waals surface area contributed by atoms with Crippen LogP contribution >= 0.6 is 11.6 Å². The summed E-state index contributed by atoms with van der Waals surface area (Å²) >= 11 is 5.78. The first-order valence-corrected chi connectivity index (χ1v) is 5.07. The number of nitrogens with zero attached hydrogens (tertiary/aromatic N) is 2. The molecule has 0 bridgehead atoms. The Balaban J connectivity index is 2.82. The number of aromatic nitrogens is 2. The topological polar surface area (TPSA) is 84.3 Å². The highest BCUT2D eigenvalue weighted by Gasteiger charge is 2.13. The number of carboxylic acids is 1. The molecule has 0 aliphatic rings. The molecule has 1 aromatic rings. The third kappa shape index (κ3) is 3.23. The van der Waals surface area contributed by atoms with Crippen molar-refractivity contribution in [2.75, 3.05) is 11.9 Å². The molecule has 0 aliphatic carbocycles. The van der Waals surface area contributed by atoms with E-state index in [0.29, 0.717) is 6.61 Å². The molecule has 0 aliphatic heterocycles. The molecule has 0 saturated carbocycles. The highest BCUT2D eigenvalue weighted by atomic mass is 35.5. The second kappa shape index (κ2) is 5.50. The summed E-state index contributed by atoms with van der Waals surface area (Å²) in [4.78, 5) is 18.4. The molecule has 1 rings (SSSR count). The Labute approximate surface area is 97.6 Å². The quantitative estimate of drug-likeness (QED) is 0.816. The summed E-state index contributed by atoms with van der Waals surface area (Å²) in [6.45, 7) is 3.71. The Hall–Kier alpha value is -1.56. The number of rotatable bonds is 5. The van der Waals surface area contributed by atoms with Crippen LogP contribution in [0.15, 0.2) is 6.20 Å². The highest BCUT2D eigenvalue weighted by molar-refractivity contribution is 6.31. The summed E-state index contributed by atoms with van der Waals surface area (Å²) in [5.74, 6) is -0.585. The van der Waals surface area contributed by atoms with Gasteiger partial charge in [0.25, 0.3) is 0 Å². The van der Waals surface area contributed by atoms with Crippen molar-refractivity contribution in [2.45, 2.75) is 19.9 Å². The van der Waals surface area contributed by atoms with Gasteiger partial charge in [0.05, 0.1) is 12.8 Å². The van der Waals surface area contributed by atoms with Crippen LogP contribution < -0.4 is 10.1 Å². The van der Waals surface area contributed by atoms with Crippen LogP contribution in [-0.2, 0) is 4.79 Å². The number of halogens is 1. The average molecular weight is 246 g/mol. The second-order valence-electron chi connectivity index (χ2n) is 2.98. The molecule has 6 nitrogen and oxygen atoms in total. The predicted molar refractivity (Wildman–Crippen MR) is 58.9 cm³/mol. The molecular weight excluding hydrogens is 234 g/mol. The van der Waals surface area contributed by atoms with Gasteiger partial charge in [-0.25, -0.2) is 4.98 Å². The van der Waals surface area contributed by atoms with Crippen molar-refractivity contribution in [3.8, 4) is 5.88 Å². The predicted octanol–water partition coefficient (Wildman–Crippen LogP) is 1.41. The van der Waals surface area contributed by atoms with Crippen molar-refractivity contribution in [1.82, 2.24) is 9.97 Å². The van der Waals surface area contributed by atoms with Gasteiger partial charge in [-0.15, -0.1) is 0 Å². The third-order valence-electron chi connectivity index (χ3n) is 1.71. The van der Waals surface area contributed by atoms with E-state index in [-0.39, 0.29) is 16.9 Å². The van der Waals surface area contributed by atoms with Gasteiger partial charge in [-0.2, -0.15) is 4.98 Å². The van der Waals surface area contributed by atoms with Gasteiger partial charge in [-0.3, -0.25) is 4.79 Å². The van der Waals surface area contributed by atoms with E-state index in [1.54, 1.807) is 6.92 Å². The largest absolute Gasteiger partial charge is 0.480 e. The molecule has 16 heavy (non-hydrogen) atoms. The SMILES string of the molecule is CCOc1nc(NC(C)C(=O)O)ncc1Cl. The Kier molecular flexibility index (Phi) is 4.30. The first-order valence-electron chi connectivity index (χ1n) is 4.69. The average Bonchev–Trinajstić information content (AvgIpc) is 2.23. The van der Waals surface area contributed by atoms with E-state index in [1.165, 1.54) is 13.1 Å².